The second-order valence-corrected chi connectivity index (χ2v) is 60.7. The van der Waals surface area contributed by atoms with E-state index in [0.717, 1.165) is 25.7 Å². The molecule has 2 atom stereocenters. The quantitative estimate of drug-likeness (QED) is 0.118. The minimum absolute atomic E-state index is 0.126. The third-order valence-electron chi connectivity index (χ3n) is 15.3. The third kappa shape index (κ3) is 6.32. The van der Waals surface area contributed by atoms with Crippen molar-refractivity contribution in [3.8, 4) is 22.3 Å². The van der Waals surface area contributed by atoms with Gasteiger partial charge in [0.1, 0.15) is 0 Å². The number of hydrogen-bond acceptors (Lipinski definition) is 0. The van der Waals surface area contributed by atoms with E-state index in [0.29, 0.717) is 10.8 Å². The van der Waals surface area contributed by atoms with Gasteiger partial charge in [0.15, 0.2) is 0 Å². The summed E-state index contributed by atoms with van der Waals surface area (Å²) >= 11 is -5.00. The SMILES string of the molecule is CCc1ccc(-c2cccc3c2C=C(CC2(CC)CCC2)[CH]3[Zr]([Cl])([Cl])([CH]2C(CC3(CC)CCC3)=Cc3c(-c4ccc(CC)cc4)cccc32)[SiH](C)C)cc1. The van der Waals surface area contributed by atoms with E-state index in [1.165, 1.54) is 107 Å². The number of fused-ring (bicyclic) bond motifs is 2. The molecule has 4 aliphatic carbocycles. The van der Waals surface area contributed by atoms with Crippen LogP contribution in [-0.2, 0) is 28.4 Å². The van der Waals surface area contributed by atoms with Crippen molar-refractivity contribution in [2.75, 3.05) is 0 Å². The summed E-state index contributed by atoms with van der Waals surface area (Å²) in [5, 5.41) is 0. The van der Waals surface area contributed by atoms with E-state index in [4.69, 9.17) is 17.0 Å². The zero-order valence-electron chi connectivity index (χ0n) is 33.7. The van der Waals surface area contributed by atoms with Gasteiger partial charge in [-0.1, -0.05) is 0 Å². The van der Waals surface area contributed by atoms with Crippen LogP contribution in [0.1, 0.15) is 133 Å². The fourth-order valence-electron chi connectivity index (χ4n) is 11.2. The monoisotopic (exact) mass is 849 g/mol. The molecule has 2 unspecified atom stereocenters. The van der Waals surface area contributed by atoms with E-state index in [9.17, 15) is 0 Å². The van der Waals surface area contributed by atoms with Crippen LogP contribution >= 0.6 is 17.0 Å². The van der Waals surface area contributed by atoms with E-state index in [-0.39, 0.29) is 7.25 Å². The van der Waals surface area contributed by atoms with E-state index in [1.807, 2.05) is 0 Å². The molecule has 54 heavy (non-hydrogen) atoms. The van der Waals surface area contributed by atoms with Crippen LogP contribution in [0.25, 0.3) is 34.4 Å². The molecule has 0 aromatic heterocycles. The number of allylic oxidation sites excluding steroid dienone is 2. The Bertz CT molecular complexity index is 1940. The molecule has 4 aromatic rings. The first-order chi connectivity index (χ1) is 26.0. The predicted molar refractivity (Wildman–Crippen MR) is 237 cm³/mol. The van der Waals surface area contributed by atoms with Crippen LogP contribution in [0.4, 0.5) is 0 Å². The van der Waals surface area contributed by atoms with E-state index in [2.05, 4.69) is 138 Å². The predicted octanol–water partition coefficient (Wildman–Crippen LogP) is 15.6. The van der Waals surface area contributed by atoms with Crippen LogP contribution in [0.15, 0.2) is 96.1 Å². The Morgan fingerprint density at radius 3 is 1.26 bits per heavy atom. The molecule has 4 heteroatoms. The summed E-state index contributed by atoms with van der Waals surface area (Å²) in [5.41, 5.74) is 17.5. The fraction of sp³-hybridized carbons (Fsp3) is 0.440. The van der Waals surface area contributed by atoms with Crippen LogP contribution in [0.2, 0.25) is 13.1 Å². The molecule has 283 valence electrons. The van der Waals surface area contributed by atoms with Crippen molar-refractivity contribution in [2.45, 2.75) is 125 Å². The molecule has 0 N–H and O–H groups in total. The molecule has 0 nitrogen and oxygen atoms in total. The summed E-state index contributed by atoms with van der Waals surface area (Å²) in [6, 6.07) is 32.8. The summed E-state index contributed by atoms with van der Waals surface area (Å²) in [5.74, 6) is -1.69. The van der Waals surface area contributed by atoms with Gasteiger partial charge in [-0.3, -0.25) is 0 Å². The first-order valence-electron chi connectivity index (χ1n) is 21.4. The van der Waals surface area contributed by atoms with Crippen molar-refractivity contribution in [1.82, 2.24) is 0 Å². The molecule has 4 aliphatic rings. The number of aryl methyl sites for hydroxylation is 2. The Balaban J connectivity index is 1.35. The molecule has 0 amide bonds. The van der Waals surface area contributed by atoms with Crippen molar-refractivity contribution < 1.29 is 15.6 Å². The molecule has 0 radical (unpaired) electrons. The van der Waals surface area contributed by atoms with Gasteiger partial charge in [-0.15, -0.1) is 0 Å². The summed E-state index contributed by atoms with van der Waals surface area (Å²) in [6.07, 6.45) is 20.0. The van der Waals surface area contributed by atoms with Gasteiger partial charge in [0.05, 0.1) is 0 Å². The number of hydrogen-bond donors (Lipinski definition) is 0. The maximum atomic E-state index is 9.08. The van der Waals surface area contributed by atoms with Crippen molar-refractivity contribution in [3.05, 3.63) is 129 Å². The van der Waals surface area contributed by atoms with Gasteiger partial charge in [-0.2, -0.15) is 0 Å². The molecule has 2 saturated carbocycles. The summed E-state index contributed by atoms with van der Waals surface area (Å²) < 4.78 is 0.252. The zero-order valence-corrected chi connectivity index (χ0v) is 38.8. The first kappa shape index (κ1) is 38.9. The standard InChI is InChI=1S/2C24H27.C2H7Si.2ClH.Zr/c2*1-3-18-9-11-20(12-10-18)22-8-5-7-21-15-19(16-23(21)22)17-24(4-2)13-6-14-24;1-3-2;;;/h2*5,7-12,15-16H,3-4,6,13-14,17H2,1-2H3;3H,1-2H3;2*1H;/q;;;;;+2/p-2. The summed E-state index contributed by atoms with van der Waals surface area (Å²) in [7, 11) is 18.2. The average molecular weight is 852 g/mol. The molecule has 0 heterocycles. The van der Waals surface area contributed by atoms with E-state index in [1.54, 1.807) is 11.1 Å². The number of benzene rings is 4. The number of rotatable bonds is 13. The second kappa shape index (κ2) is 14.8. The van der Waals surface area contributed by atoms with Crippen molar-refractivity contribution >= 4 is 35.1 Å². The summed E-state index contributed by atoms with van der Waals surface area (Å²) in [6.45, 7) is 14.4. The van der Waals surface area contributed by atoms with Crippen molar-refractivity contribution in [1.29, 1.82) is 0 Å². The average Bonchev–Trinajstić information content (AvgIpc) is 3.74. The Kier molecular flexibility index (Phi) is 10.6. The van der Waals surface area contributed by atoms with Gasteiger partial charge < -0.3 is 0 Å². The molecule has 0 aliphatic heterocycles. The second-order valence-electron chi connectivity index (χ2n) is 18.2. The minimum atomic E-state index is -5.00. The molecule has 2 fully saturated rings. The van der Waals surface area contributed by atoms with Crippen molar-refractivity contribution in [2.24, 2.45) is 10.8 Å². The molecule has 0 saturated heterocycles. The normalized spacial score (nSPS) is 21.7. The van der Waals surface area contributed by atoms with E-state index >= 15 is 0 Å². The van der Waals surface area contributed by atoms with Crippen LogP contribution in [0, 0.1) is 10.8 Å². The Hall–Kier alpha value is -1.96. The Morgan fingerprint density at radius 1 is 0.574 bits per heavy atom. The molecule has 0 spiro atoms. The molecular weight excluding hydrogens is 791 g/mol. The fourth-order valence-corrected chi connectivity index (χ4v) is 42.5. The Morgan fingerprint density at radius 2 is 0.963 bits per heavy atom. The van der Waals surface area contributed by atoms with Crippen LogP contribution in [0.5, 0.6) is 0 Å². The van der Waals surface area contributed by atoms with Gasteiger partial charge in [-0.25, -0.2) is 0 Å². The first-order valence-corrected chi connectivity index (χ1v) is 37.7. The van der Waals surface area contributed by atoms with Crippen molar-refractivity contribution in [3.63, 3.8) is 0 Å². The number of halogens is 2. The molecular formula is C50H61Cl2SiZr. The summed E-state index contributed by atoms with van der Waals surface area (Å²) in [4.78, 5) is 0. The van der Waals surface area contributed by atoms with E-state index < -0.39 is 21.5 Å². The van der Waals surface area contributed by atoms with Gasteiger partial charge in [-0.05, 0) is 0 Å². The van der Waals surface area contributed by atoms with Crippen LogP contribution in [0.3, 0.4) is 0 Å². The van der Waals surface area contributed by atoms with Gasteiger partial charge >= 0.3 is 338 Å². The Labute approximate surface area is 335 Å². The van der Waals surface area contributed by atoms with Crippen LogP contribution in [-0.4, -0.2) is 5.92 Å². The van der Waals surface area contributed by atoms with Gasteiger partial charge in [0.25, 0.3) is 0 Å². The molecule has 8 rings (SSSR count). The maximum absolute atomic E-state index is 9.08. The third-order valence-corrected chi connectivity index (χ3v) is 67.2. The van der Waals surface area contributed by atoms with Crippen LogP contribution < -0.4 is 0 Å². The molecule has 4 aromatic carbocycles. The zero-order chi connectivity index (χ0) is 37.9. The molecule has 0 bridgehead atoms. The van der Waals surface area contributed by atoms with Gasteiger partial charge in [0.2, 0.25) is 0 Å². The van der Waals surface area contributed by atoms with Gasteiger partial charge in [0, 0.05) is 0 Å². The topological polar surface area (TPSA) is 0 Å².